The van der Waals surface area contributed by atoms with Gasteiger partial charge in [-0.05, 0) is 49.4 Å². The van der Waals surface area contributed by atoms with E-state index in [0.29, 0.717) is 6.42 Å². The smallest absolute Gasteiger partial charge is 0.224 e. The van der Waals surface area contributed by atoms with Crippen LogP contribution >= 0.6 is 0 Å². The SMILES string of the molecule is CCc1ccc([C@@H](C)NC(=O)Cc2cc(C)ccc2C)cc1. The van der Waals surface area contributed by atoms with E-state index in [2.05, 4.69) is 68.6 Å². The van der Waals surface area contributed by atoms with Gasteiger partial charge in [-0.1, -0.05) is 55.0 Å². The molecule has 0 saturated heterocycles. The van der Waals surface area contributed by atoms with Gasteiger partial charge >= 0.3 is 0 Å². The normalized spacial score (nSPS) is 12.0. The molecule has 0 spiro atoms. The molecular formula is C20H25NO. The summed E-state index contributed by atoms with van der Waals surface area (Å²) >= 11 is 0. The van der Waals surface area contributed by atoms with Gasteiger partial charge in [0.25, 0.3) is 0 Å². The molecule has 2 heteroatoms. The summed E-state index contributed by atoms with van der Waals surface area (Å²) in [7, 11) is 0. The number of carbonyl (C=O) groups is 1. The standard InChI is InChI=1S/C20H25NO/c1-5-17-8-10-18(11-9-17)16(4)21-20(22)13-19-12-14(2)6-7-15(19)3/h6-12,16H,5,13H2,1-4H3,(H,21,22)/t16-/m1/s1. The van der Waals surface area contributed by atoms with Crippen molar-refractivity contribution in [2.45, 2.75) is 46.6 Å². The number of amides is 1. The highest BCUT2D eigenvalue weighted by atomic mass is 16.1. The van der Waals surface area contributed by atoms with Crippen LogP contribution in [0.1, 0.15) is 47.7 Å². The lowest BCUT2D eigenvalue weighted by Gasteiger charge is -2.15. The Labute approximate surface area is 133 Å². The van der Waals surface area contributed by atoms with Gasteiger partial charge in [0.1, 0.15) is 0 Å². The summed E-state index contributed by atoms with van der Waals surface area (Å²) in [6, 6.07) is 14.7. The van der Waals surface area contributed by atoms with Crippen molar-refractivity contribution in [1.29, 1.82) is 0 Å². The van der Waals surface area contributed by atoms with Crippen LogP contribution in [-0.2, 0) is 17.6 Å². The quantitative estimate of drug-likeness (QED) is 0.876. The molecule has 0 radical (unpaired) electrons. The van der Waals surface area contributed by atoms with Gasteiger partial charge in [0.2, 0.25) is 5.91 Å². The van der Waals surface area contributed by atoms with E-state index in [1.165, 1.54) is 16.7 Å². The predicted molar refractivity (Wildman–Crippen MR) is 92.0 cm³/mol. The van der Waals surface area contributed by atoms with Gasteiger partial charge < -0.3 is 5.32 Å². The summed E-state index contributed by atoms with van der Waals surface area (Å²) in [5.41, 5.74) is 5.92. The van der Waals surface area contributed by atoms with Crippen LogP contribution in [0.5, 0.6) is 0 Å². The molecule has 1 atom stereocenters. The third kappa shape index (κ3) is 4.20. The third-order valence-corrected chi connectivity index (χ3v) is 4.12. The minimum absolute atomic E-state index is 0.0310. The zero-order valence-corrected chi connectivity index (χ0v) is 13.9. The minimum Gasteiger partial charge on any atom is -0.349 e. The van der Waals surface area contributed by atoms with Crippen molar-refractivity contribution in [2.75, 3.05) is 0 Å². The van der Waals surface area contributed by atoms with Crippen LogP contribution in [0.3, 0.4) is 0 Å². The van der Waals surface area contributed by atoms with Crippen molar-refractivity contribution >= 4 is 5.91 Å². The average Bonchev–Trinajstić information content (AvgIpc) is 2.51. The van der Waals surface area contributed by atoms with Gasteiger partial charge in [-0.25, -0.2) is 0 Å². The lowest BCUT2D eigenvalue weighted by atomic mass is 10.0. The zero-order chi connectivity index (χ0) is 16.1. The van der Waals surface area contributed by atoms with Crippen LogP contribution in [0.15, 0.2) is 42.5 Å². The number of nitrogens with one attached hydrogen (secondary N) is 1. The average molecular weight is 295 g/mol. The fraction of sp³-hybridized carbons (Fsp3) is 0.350. The van der Waals surface area contributed by atoms with Gasteiger partial charge in [0.15, 0.2) is 0 Å². The van der Waals surface area contributed by atoms with Crippen LogP contribution in [0, 0.1) is 13.8 Å². The lowest BCUT2D eigenvalue weighted by molar-refractivity contribution is -0.121. The number of rotatable bonds is 5. The molecule has 0 bridgehead atoms. The number of hydrogen-bond donors (Lipinski definition) is 1. The summed E-state index contributed by atoms with van der Waals surface area (Å²) in [5.74, 6) is 0.0702. The first-order valence-corrected chi connectivity index (χ1v) is 7.94. The molecular weight excluding hydrogens is 270 g/mol. The first-order valence-electron chi connectivity index (χ1n) is 7.94. The number of hydrogen-bond acceptors (Lipinski definition) is 1. The van der Waals surface area contributed by atoms with Crippen molar-refractivity contribution in [3.05, 3.63) is 70.3 Å². The van der Waals surface area contributed by atoms with Crippen molar-refractivity contribution in [3.63, 3.8) is 0 Å². The molecule has 116 valence electrons. The molecule has 0 aromatic heterocycles. The molecule has 0 saturated carbocycles. The second kappa shape index (κ2) is 7.26. The van der Waals surface area contributed by atoms with E-state index in [9.17, 15) is 4.79 Å². The van der Waals surface area contributed by atoms with E-state index >= 15 is 0 Å². The summed E-state index contributed by atoms with van der Waals surface area (Å²) in [4.78, 5) is 12.3. The summed E-state index contributed by atoms with van der Waals surface area (Å²) in [6.45, 7) is 8.28. The molecule has 22 heavy (non-hydrogen) atoms. The van der Waals surface area contributed by atoms with E-state index < -0.39 is 0 Å². The van der Waals surface area contributed by atoms with E-state index in [0.717, 1.165) is 17.5 Å². The topological polar surface area (TPSA) is 29.1 Å². The summed E-state index contributed by atoms with van der Waals surface area (Å²) in [6.07, 6.45) is 1.47. The molecule has 1 amide bonds. The Morgan fingerprint density at radius 2 is 1.77 bits per heavy atom. The molecule has 2 nitrogen and oxygen atoms in total. The van der Waals surface area contributed by atoms with Crippen LogP contribution in [-0.4, -0.2) is 5.91 Å². The molecule has 2 aromatic carbocycles. The highest BCUT2D eigenvalue weighted by Gasteiger charge is 2.11. The van der Waals surface area contributed by atoms with Crippen LogP contribution in [0.2, 0.25) is 0 Å². The maximum Gasteiger partial charge on any atom is 0.224 e. The predicted octanol–water partition coefficient (Wildman–Crippen LogP) is 4.29. The summed E-state index contributed by atoms with van der Waals surface area (Å²) < 4.78 is 0. The summed E-state index contributed by atoms with van der Waals surface area (Å²) in [5, 5.41) is 3.09. The van der Waals surface area contributed by atoms with Gasteiger partial charge in [-0.2, -0.15) is 0 Å². The maximum absolute atomic E-state index is 12.3. The van der Waals surface area contributed by atoms with E-state index in [4.69, 9.17) is 0 Å². The molecule has 1 N–H and O–H groups in total. The fourth-order valence-corrected chi connectivity index (χ4v) is 2.58. The highest BCUT2D eigenvalue weighted by Crippen LogP contribution is 2.15. The van der Waals surface area contributed by atoms with Gasteiger partial charge in [0, 0.05) is 0 Å². The van der Waals surface area contributed by atoms with Gasteiger partial charge in [-0.3, -0.25) is 4.79 Å². The first-order chi connectivity index (χ1) is 10.5. The Morgan fingerprint density at radius 3 is 2.41 bits per heavy atom. The molecule has 0 heterocycles. The molecule has 2 aromatic rings. The van der Waals surface area contributed by atoms with Gasteiger partial charge in [0.05, 0.1) is 12.5 Å². The molecule has 0 aliphatic carbocycles. The van der Waals surface area contributed by atoms with Gasteiger partial charge in [-0.15, -0.1) is 0 Å². The maximum atomic E-state index is 12.3. The molecule has 2 rings (SSSR count). The fourth-order valence-electron chi connectivity index (χ4n) is 2.58. The minimum atomic E-state index is 0.0310. The first kappa shape index (κ1) is 16.3. The van der Waals surface area contributed by atoms with Crippen LogP contribution < -0.4 is 5.32 Å². The van der Waals surface area contributed by atoms with Crippen LogP contribution in [0.4, 0.5) is 0 Å². The van der Waals surface area contributed by atoms with Crippen molar-refractivity contribution in [2.24, 2.45) is 0 Å². The molecule has 0 fully saturated rings. The number of benzene rings is 2. The number of carbonyl (C=O) groups excluding carboxylic acids is 1. The Hall–Kier alpha value is -2.09. The van der Waals surface area contributed by atoms with Crippen LogP contribution in [0.25, 0.3) is 0 Å². The Kier molecular flexibility index (Phi) is 5.37. The largest absolute Gasteiger partial charge is 0.349 e. The zero-order valence-electron chi connectivity index (χ0n) is 13.9. The molecule has 0 aliphatic rings. The Balaban J connectivity index is 2.00. The monoisotopic (exact) mass is 295 g/mol. The van der Waals surface area contributed by atoms with Crippen molar-refractivity contribution < 1.29 is 4.79 Å². The van der Waals surface area contributed by atoms with Crippen molar-refractivity contribution in [3.8, 4) is 0 Å². The van der Waals surface area contributed by atoms with E-state index in [-0.39, 0.29) is 11.9 Å². The molecule has 0 aliphatic heterocycles. The van der Waals surface area contributed by atoms with E-state index in [1.807, 2.05) is 6.92 Å². The van der Waals surface area contributed by atoms with Crippen molar-refractivity contribution in [1.82, 2.24) is 5.32 Å². The lowest BCUT2D eigenvalue weighted by Crippen LogP contribution is -2.28. The second-order valence-electron chi connectivity index (χ2n) is 5.99. The second-order valence-corrected chi connectivity index (χ2v) is 5.99. The number of aryl methyl sites for hydroxylation is 3. The third-order valence-electron chi connectivity index (χ3n) is 4.12. The Bertz CT molecular complexity index is 643. The highest BCUT2D eigenvalue weighted by molar-refractivity contribution is 5.79. The Morgan fingerprint density at radius 1 is 1.09 bits per heavy atom. The van der Waals surface area contributed by atoms with E-state index in [1.54, 1.807) is 0 Å². The molecule has 0 unspecified atom stereocenters.